The van der Waals surface area contributed by atoms with Crippen molar-refractivity contribution in [3.8, 4) is 10.9 Å². The van der Waals surface area contributed by atoms with Crippen LogP contribution in [0.25, 0.3) is 0 Å². The number of esters is 1. The van der Waals surface area contributed by atoms with Crippen molar-refractivity contribution in [2.24, 2.45) is 0 Å². The Morgan fingerprint density at radius 1 is 1.32 bits per heavy atom. The minimum atomic E-state index is -0.368. The van der Waals surface area contributed by atoms with E-state index in [1.165, 1.54) is 18.6 Å². The number of methoxy groups -OCH3 is 1. The molecule has 100 valence electrons. The van der Waals surface area contributed by atoms with E-state index in [9.17, 15) is 4.79 Å². The average Bonchev–Trinajstić information content (AvgIpc) is 2.86. The van der Waals surface area contributed by atoms with Crippen LogP contribution >= 0.6 is 11.5 Å². The van der Waals surface area contributed by atoms with Crippen molar-refractivity contribution in [3.05, 3.63) is 35.7 Å². The van der Waals surface area contributed by atoms with Crippen molar-refractivity contribution in [1.82, 2.24) is 9.36 Å². The normalized spacial score (nSPS) is 10.2. The molecule has 1 aromatic heterocycles. The minimum absolute atomic E-state index is 0.368. The standard InChI is InChI=1S/C13H14N2O3S/c1-3-4-11-14-13(19-15-11)18-10-7-5-9(6-8-10)12(16)17-2/h5-8H,3-4H2,1-2H3. The first-order valence-electron chi connectivity index (χ1n) is 5.91. The third-order valence-electron chi connectivity index (χ3n) is 2.40. The Morgan fingerprint density at radius 3 is 2.68 bits per heavy atom. The lowest BCUT2D eigenvalue weighted by atomic mass is 10.2. The Labute approximate surface area is 115 Å². The molecule has 1 heterocycles. The van der Waals surface area contributed by atoms with Crippen molar-refractivity contribution in [1.29, 1.82) is 0 Å². The fraction of sp³-hybridized carbons (Fsp3) is 0.308. The highest BCUT2D eigenvalue weighted by molar-refractivity contribution is 7.07. The first-order chi connectivity index (χ1) is 9.22. The van der Waals surface area contributed by atoms with Crippen LogP contribution in [0.5, 0.6) is 10.9 Å². The van der Waals surface area contributed by atoms with Gasteiger partial charge in [0.1, 0.15) is 11.6 Å². The monoisotopic (exact) mass is 278 g/mol. The molecule has 0 aliphatic rings. The van der Waals surface area contributed by atoms with Crippen LogP contribution in [0.1, 0.15) is 29.5 Å². The Kier molecular flexibility index (Phi) is 4.46. The molecule has 2 aromatic rings. The number of benzene rings is 1. The van der Waals surface area contributed by atoms with Crippen molar-refractivity contribution in [3.63, 3.8) is 0 Å². The average molecular weight is 278 g/mol. The van der Waals surface area contributed by atoms with Crippen molar-refractivity contribution in [2.45, 2.75) is 19.8 Å². The number of rotatable bonds is 5. The van der Waals surface area contributed by atoms with E-state index in [0.29, 0.717) is 16.5 Å². The zero-order valence-electron chi connectivity index (χ0n) is 10.8. The van der Waals surface area contributed by atoms with Crippen LogP contribution in [0.2, 0.25) is 0 Å². The van der Waals surface area contributed by atoms with Gasteiger partial charge in [0.15, 0.2) is 0 Å². The molecule has 0 fully saturated rings. The van der Waals surface area contributed by atoms with Gasteiger partial charge < -0.3 is 9.47 Å². The van der Waals surface area contributed by atoms with Gasteiger partial charge in [-0.25, -0.2) is 4.79 Å². The summed E-state index contributed by atoms with van der Waals surface area (Å²) < 4.78 is 14.4. The number of hydrogen-bond donors (Lipinski definition) is 0. The number of aromatic nitrogens is 2. The maximum Gasteiger partial charge on any atom is 0.337 e. The van der Waals surface area contributed by atoms with Gasteiger partial charge >= 0.3 is 5.97 Å². The SMILES string of the molecule is CCCc1nsc(Oc2ccc(C(=O)OC)cc2)n1. The lowest BCUT2D eigenvalue weighted by Gasteiger charge is -2.02. The number of carbonyl (C=O) groups is 1. The van der Waals surface area contributed by atoms with Crippen LogP contribution in [0.15, 0.2) is 24.3 Å². The third-order valence-corrected chi connectivity index (χ3v) is 3.04. The van der Waals surface area contributed by atoms with E-state index in [4.69, 9.17) is 4.74 Å². The molecule has 19 heavy (non-hydrogen) atoms. The second kappa shape index (κ2) is 6.29. The summed E-state index contributed by atoms with van der Waals surface area (Å²) >= 11 is 1.22. The maximum absolute atomic E-state index is 11.3. The van der Waals surface area contributed by atoms with Crippen LogP contribution in [0.4, 0.5) is 0 Å². The summed E-state index contributed by atoms with van der Waals surface area (Å²) in [6.45, 7) is 2.08. The van der Waals surface area contributed by atoms with Crippen LogP contribution < -0.4 is 4.74 Å². The maximum atomic E-state index is 11.3. The van der Waals surface area contributed by atoms with Gasteiger partial charge in [0.2, 0.25) is 0 Å². The van der Waals surface area contributed by atoms with E-state index in [1.54, 1.807) is 24.3 Å². The number of carbonyl (C=O) groups excluding carboxylic acids is 1. The summed E-state index contributed by atoms with van der Waals surface area (Å²) in [7, 11) is 1.35. The highest BCUT2D eigenvalue weighted by atomic mass is 32.1. The van der Waals surface area contributed by atoms with Gasteiger partial charge in [-0.1, -0.05) is 6.92 Å². The molecule has 0 spiro atoms. The van der Waals surface area contributed by atoms with Gasteiger partial charge in [0, 0.05) is 18.0 Å². The number of hydrogen-bond acceptors (Lipinski definition) is 6. The second-order valence-corrected chi connectivity index (χ2v) is 4.56. The van der Waals surface area contributed by atoms with Gasteiger partial charge in [0.05, 0.1) is 12.7 Å². The fourth-order valence-electron chi connectivity index (χ4n) is 1.48. The van der Waals surface area contributed by atoms with Crippen LogP contribution in [0.3, 0.4) is 0 Å². The summed E-state index contributed by atoms with van der Waals surface area (Å²) in [4.78, 5) is 15.5. The Hall–Kier alpha value is -1.95. The zero-order valence-corrected chi connectivity index (χ0v) is 11.6. The van der Waals surface area contributed by atoms with Crippen molar-refractivity contribution < 1.29 is 14.3 Å². The van der Waals surface area contributed by atoms with Crippen LogP contribution in [0, 0.1) is 0 Å². The quantitative estimate of drug-likeness (QED) is 0.786. The van der Waals surface area contributed by atoms with Crippen LogP contribution in [-0.2, 0) is 11.2 Å². The zero-order chi connectivity index (χ0) is 13.7. The molecule has 0 amide bonds. The third kappa shape index (κ3) is 3.51. The van der Waals surface area contributed by atoms with Gasteiger partial charge in [-0.2, -0.15) is 9.36 Å². The number of aryl methyl sites for hydroxylation is 1. The smallest absolute Gasteiger partial charge is 0.337 e. The largest absolute Gasteiger partial charge is 0.465 e. The summed E-state index contributed by atoms with van der Waals surface area (Å²) in [6, 6.07) is 6.70. The molecule has 6 heteroatoms. The Bertz CT molecular complexity index is 551. The fourth-order valence-corrected chi connectivity index (χ4v) is 2.08. The highest BCUT2D eigenvalue weighted by Gasteiger charge is 2.08. The molecular weight excluding hydrogens is 264 g/mol. The summed E-state index contributed by atoms with van der Waals surface area (Å²) in [5.74, 6) is 1.05. The summed E-state index contributed by atoms with van der Waals surface area (Å²) in [6.07, 6.45) is 1.85. The molecule has 0 radical (unpaired) electrons. The Morgan fingerprint density at radius 2 is 2.05 bits per heavy atom. The topological polar surface area (TPSA) is 61.3 Å². The first kappa shape index (κ1) is 13.5. The Balaban J connectivity index is 2.04. The summed E-state index contributed by atoms with van der Waals surface area (Å²) in [5.41, 5.74) is 0.485. The summed E-state index contributed by atoms with van der Waals surface area (Å²) in [5, 5.41) is 0.509. The van der Waals surface area contributed by atoms with Crippen molar-refractivity contribution in [2.75, 3.05) is 7.11 Å². The lowest BCUT2D eigenvalue weighted by Crippen LogP contribution is -2.00. The molecule has 0 saturated carbocycles. The molecule has 0 atom stereocenters. The molecule has 0 saturated heterocycles. The van der Waals surface area contributed by atoms with Gasteiger partial charge in [-0.15, -0.1) is 0 Å². The van der Waals surface area contributed by atoms with E-state index in [0.717, 1.165) is 18.7 Å². The molecule has 0 N–H and O–H groups in total. The van der Waals surface area contributed by atoms with Gasteiger partial charge in [-0.05, 0) is 30.7 Å². The molecule has 0 bridgehead atoms. The van der Waals surface area contributed by atoms with Crippen molar-refractivity contribution >= 4 is 17.5 Å². The van der Waals surface area contributed by atoms with E-state index >= 15 is 0 Å². The number of nitrogens with zero attached hydrogens (tertiary/aromatic N) is 2. The predicted octanol–water partition coefficient (Wildman–Crippen LogP) is 3.07. The minimum Gasteiger partial charge on any atom is -0.465 e. The highest BCUT2D eigenvalue weighted by Crippen LogP contribution is 2.23. The van der Waals surface area contributed by atoms with E-state index < -0.39 is 0 Å². The lowest BCUT2D eigenvalue weighted by molar-refractivity contribution is 0.0600. The molecule has 1 aromatic carbocycles. The van der Waals surface area contributed by atoms with Crippen LogP contribution in [-0.4, -0.2) is 22.4 Å². The molecular formula is C13H14N2O3S. The predicted molar refractivity (Wildman–Crippen MR) is 71.8 cm³/mol. The molecule has 0 aliphatic carbocycles. The van der Waals surface area contributed by atoms with Gasteiger partial charge in [-0.3, -0.25) is 0 Å². The molecule has 0 unspecified atom stereocenters. The van der Waals surface area contributed by atoms with E-state index in [1.807, 2.05) is 0 Å². The van der Waals surface area contributed by atoms with E-state index in [-0.39, 0.29) is 5.97 Å². The first-order valence-corrected chi connectivity index (χ1v) is 6.69. The number of ether oxygens (including phenoxy) is 2. The molecule has 2 rings (SSSR count). The van der Waals surface area contributed by atoms with E-state index in [2.05, 4.69) is 21.0 Å². The molecule has 0 aliphatic heterocycles. The van der Waals surface area contributed by atoms with Gasteiger partial charge in [0.25, 0.3) is 5.19 Å². The second-order valence-electron chi connectivity index (χ2n) is 3.84. The molecule has 5 nitrogen and oxygen atoms in total.